The molecule has 1 aliphatic rings. The summed E-state index contributed by atoms with van der Waals surface area (Å²) in [6.07, 6.45) is 7.72. The fourth-order valence-electron chi connectivity index (χ4n) is 3.19. The van der Waals surface area contributed by atoms with Crippen LogP contribution in [0, 0.1) is 11.7 Å². The van der Waals surface area contributed by atoms with Crippen LogP contribution in [0.1, 0.15) is 57.6 Å². The molecule has 146 valence electrons. The second-order valence-electron chi connectivity index (χ2n) is 8.35. The fourth-order valence-corrected chi connectivity index (χ4v) is 4.15. The maximum atomic E-state index is 13.8. The zero-order valence-corrected chi connectivity index (χ0v) is 17.0. The number of rotatable bonds is 7. The number of hydrogen-bond acceptors (Lipinski definition) is 4. The standard InChI is InChI=1S/C21H28FN3OS/c1-20(2,3)27(26)25-21(11-10-15-6-7-15,17-5-4-12-24-14-17)16-8-9-18(22)19(23)13-16/h4-5,8-9,12-15,25H,6-7,10-11,23H2,1-3H3/t21?,27-/m0/s1. The van der Waals surface area contributed by atoms with Gasteiger partial charge in [0.05, 0.1) is 5.69 Å². The Kier molecular flexibility index (Phi) is 5.79. The summed E-state index contributed by atoms with van der Waals surface area (Å²) in [6, 6.07) is 8.62. The van der Waals surface area contributed by atoms with Crippen LogP contribution < -0.4 is 10.5 Å². The number of halogens is 1. The minimum atomic E-state index is -1.33. The van der Waals surface area contributed by atoms with Crippen LogP contribution in [0.15, 0.2) is 42.7 Å². The van der Waals surface area contributed by atoms with E-state index in [0.29, 0.717) is 5.92 Å². The van der Waals surface area contributed by atoms with Crippen LogP contribution in [0.4, 0.5) is 10.1 Å². The first kappa shape index (κ1) is 20.1. The van der Waals surface area contributed by atoms with Gasteiger partial charge in [-0.15, -0.1) is 4.72 Å². The summed E-state index contributed by atoms with van der Waals surface area (Å²) in [5, 5.41) is 0. The number of nitrogens with zero attached hydrogens (tertiary/aromatic N) is 1. The summed E-state index contributed by atoms with van der Waals surface area (Å²) in [7, 11) is 0. The van der Waals surface area contributed by atoms with Gasteiger partial charge in [0.15, 0.2) is 0 Å². The van der Waals surface area contributed by atoms with E-state index in [1.165, 1.54) is 18.9 Å². The number of pyridine rings is 1. The molecule has 0 spiro atoms. The Morgan fingerprint density at radius 3 is 2.56 bits per heavy atom. The van der Waals surface area contributed by atoms with Crippen LogP contribution in [0.2, 0.25) is 0 Å². The highest BCUT2D eigenvalue weighted by molar-refractivity contribution is 7.90. The largest absolute Gasteiger partial charge is 0.598 e. The number of aromatic nitrogens is 1. The Balaban J connectivity index is 2.11. The van der Waals surface area contributed by atoms with Crippen molar-refractivity contribution in [2.45, 2.75) is 56.7 Å². The second kappa shape index (κ2) is 7.78. The summed E-state index contributed by atoms with van der Waals surface area (Å²) in [6.45, 7) is 5.80. The second-order valence-corrected chi connectivity index (χ2v) is 10.3. The van der Waals surface area contributed by atoms with Gasteiger partial charge in [0, 0.05) is 23.8 Å². The first-order valence-electron chi connectivity index (χ1n) is 9.38. The van der Waals surface area contributed by atoms with Gasteiger partial charge in [0.1, 0.15) is 16.1 Å². The third kappa shape index (κ3) is 4.62. The van der Waals surface area contributed by atoms with Gasteiger partial charge in [-0.3, -0.25) is 4.98 Å². The number of nitrogens with one attached hydrogen (secondary N) is 1. The van der Waals surface area contributed by atoms with Crippen molar-refractivity contribution in [2.24, 2.45) is 5.92 Å². The fraction of sp³-hybridized carbons (Fsp3) is 0.476. The van der Waals surface area contributed by atoms with E-state index in [1.54, 1.807) is 24.5 Å². The average molecular weight is 390 g/mol. The molecule has 1 saturated carbocycles. The van der Waals surface area contributed by atoms with E-state index in [2.05, 4.69) is 9.71 Å². The Hall–Kier alpha value is -1.63. The van der Waals surface area contributed by atoms with Crippen molar-refractivity contribution in [1.82, 2.24) is 9.71 Å². The summed E-state index contributed by atoms with van der Waals surface area (Å²) in [5.74, 6) is 0.252. The molecule has 3 N–H and O–H groups in total. The van der Waals surface area contributed by atoms with E-state index in [0.717, 1.165) is 24.0 Å². The van der Waals surface area contributed by atoms with E-state index < -0.39 is 27.5 Å². The third-order valence-corrected chi connectivity index (χ3v) is 6.74. The SMILES string of the molecule is CC(C)(C)[S@+]([O-])NC(CCC1CC1)(c1cccnc1)c1ccc(F)c(N)c1. The lowest BCUT2D eigenvalue weighted by atomic mass is 9.80. The van der Waals surface area contributed by atoms with Crippen LogP contribution in [0.25, 0.3) is 0 Å². The Labute approximate surface area is 164 Å². The summed E-state index contributed by atoms with van der Waals surface area (Å²) < 4.78 is 29.9. The lowest BCUT2D eigenvalue weighted by molar-refractivity contribution is 0.400. The predicted molar refractivity (Wildman–Crippen MR) is 109 cm³/mol. The smallest absolute Gasteiger partial charge is 0.146 e. The van der Waals surface area contributed by atoms with Crippen LogP contribution in [0.5, 0.6) is 0 Å². The predicted octanol–water partition coefficient (Wildman–Crippen LogP) is 4.29. The van der Waals surface area contributed by atoms with Crippen molar-refractivity contribution in [1.29, 1.82) is 0 Å². The molecule has 1 aromatic carbocycles. The number of benzene rings is 1. The molecule has 3 rings (SSSR count). The van der Waals surface area contributed by atoms with Gasteiger partial charge in [0.2, 0.25) is 0 Å². The molecule has 0 aliphatic heterocycles. The van der Waals surface area contributed by atoms with Gasteiger partial charge >= 0.3 is 0 Å². The van der Waals surface area contributed by atoms with Crippen LogP contribution >= 0.6 is 0 Å². The zero-order valence-electron chi connectivity index (χ0n) is 16.2. The van der Waals surface area contributed by atoms with Crippen LogP contribution in [-0.4, -0.2) is 14.3 Å². The summed E-state index contributed by atoms with van der Waals surface area (Å²) >= 11 is -1.33. The van der Waals surface area contributed by atoms with Gasteiger partial charge in [0.25, 0.3) is 0 Å². The van der Waals surface area contributed by atoms with Crippen molar-refractivity contribution in [3.05, 3.63) is 59.7 Å². The molecule has 2 aromatic rings. The molecular weight excluding hydrogens is 361 g/mol. The maximum Gasteiger partial charge on any atom is 0.146 e. The normalized spacial score (nSPS) is 18.1. The zero-order chi connectivity index (χ0) is 19.7. The van der Waals surface area contributed by atoms with E-state index in [1.807, 2.05) is 32.9 Å². The highest BCUT2D eigenvalue weighted by atomic mass is 32.2. The molecule has 0 amide bonds. The molecule has 1 heterocycles. The molecule has 2 atom stereocenters. The van der Waals surface area contributed by atoms with Crippen LogP contribution in [0.3, 0.4) is 0 Å². The quantitative estimate of drug-likeness (QED) is 0.547. The first-order chi connectivity index (χ1) is 12.7. The minimum absolute atomic E-state index is 0.0931. The van der Waals surface area contributed by atoms with Crippen molar-refractivity contribution in [2.75, 3.05) is 5.73 Å². The molecule has 6 heteroatoms. The van der Waals surface area contributed by atoms with E-state index >= 15 is 0 Å². The average Bonchev–Trinajstić information content (AvgIpc) is 3.45. The van der Waals surface area contributed by atoms with Gasteiger partial charge < -0.3 is 10.3 Å². The molecule has 0 saturated heterocycles. The van der Waals surface area contributed by atoms with Gasteiger partial charge in [-0.25, -0.2) is 4.39 Å². The van der Waals surface area contributed by atoms with Gasteiger partial charge in [-0.1, -0.05) is 25.0 Å². The van der Waals surface area contributed by atoms with Crippen molar-refractivity contribution >= 4 is 17.0 Å². The molecule has 0 radical (unpaired) electrons. The van der Waals surface area contributed by atoms with Crippen molar-refractivity contribution in [3.8, 4) is 0 Å². The molecule has 4 nitrogen and oxygen atoms in total. The van der Waals surface area contributed by atoms with Crippen LogP contribution in [-0.2, 0) is 16.9 Å². The topological polar surface area (TPSA) is 74.0 Å². The number of nitrogen functional groups attached to an aromatic ring is 1. The lowest BCUT2D eigenvalue weighted by Crippen LogP contribution is -2.52. The maximum absolute atomic E-state index is 13.8. The molecule has 0 bridgehead atoms. The summed E-state index contributed by atoms with van der Waals surface area (Å²) in [5.41, 5.74) is 6.96. The first-order valence-corrected chi connectivity index (χ1v) is 10.5. The molecule has 1 unspecified atom stereocenters. The molecule has 1 fully saturated rings. The van der Waals surface area contributed by atoms with E-state index in [4.69, 9.17) is 5.73 Å². The number of hydrogen-bond donors (Lipinski definition) is 2. The molecular formula is C21H28FN3OS. The van der Waals surface area contributed by atoms with Gasteiger partial charge in [-0.2, -0.15) is 0 Å². The highest BCUT2D eigenvalue weighted by Gasteiger charge is 2.43. The molecule has 1 aromatic heterocycles. The lowest BCUT2D eigenvalue weighted by Gasteiger charge is -2.38. The Morgan fingerprint density at radius 2 is 2.00 bits per heavy atom. The van der Waals surface area contributed by atoms with Crippen molar-refractivity contribution in [3.63, 3.8) is 0 Å². The van der Waals surface area contributed by atoms with E-state index in [9.17, 15) is 8.94 Å². The summed E-state index contributed by atoms with van der Waals surface area (Å²) in [4.78, 5) is 4.28. The number of nitrogens with two attached hydrogens (primary N) is 1. The van der Waals surface area contributed by atoms with E-state index in [-0.39, 0.29) is 5.69 Å². The highest BCUT2D eigenvalue weighted by Crippen LogP contribution is 2.42. The molecule has 1 aliphatic carbocycles. The Morgan fingerprint density at radius 1 is 1.26 bits per heavy atom. The minimum Gasteiger partial charge on any atom is -0.598 e. The molecule has 27 heavy (non-hydrogen) atoms. The van der Waals surface area contributed by atoms with Gasteiger partial charge in [-0.05, 0) is 68.9 Å². The monoisotopic (exact) mass is 389 g/mol. The Bertz CT molecular complexity index is 777. The third-order valence-electron chi connectivity index (χ3n) is 5.09. The number of anilines is 1. The van der Waals surface area contributed by atoms with Crippen molar-refractivity contribution < 1.29 is 8.94 Å².